The van der Waals surface area contributed by atoms with E-state index in [9.17, 15) is 14.0 Å². The Morgan fingerprint density at radius 3 is 2.49 bits per heavy atom. The zero-order valence-corrected chi connectivity index (χ0v) is 20.0. The minimum atomic E-state index is -1.68. The van der Waals surface area contributed by atoms with Crippen LogP contribution in [0.1, 0.15) is 40.3 Å². The van der Waals surface area contributed by atoms with Gasteiger partial charge in [0.2, 0.25) is 5.60 Å². The van der Waals surface area contributed by atoms with E-state index in [1.165, 1.54) is 10.9 Å². The summed E-state index contributed by atoms with van der Waals surface area (Å²) in [5.74, 6) is 0.522. The van der Waals surface area contributed by atoms with E-state index < -0.39 is 54.6 Å². The molecule has 3 heterocycles. The highest BCUT2D eigenvalue weighted by Crippen LogP contribution is 2.40. The molecule has 2 aromatic rings. The normalized spacial score (nSPS) is 23.9. The van der Waals surface area contributed by atoms with Crippen molar-refractivity contribution in [2.45, 2.75) is 64.1 Å². The van der Waals surface area contributed by atoms with Crippen molar-refractivity contribution in [3.05, 3.63) is 12.4 Å². The number of hydrogen-bond acceptors (Lipinski definition) is 11. The zero-order chi connectivity index (χ0) is 26.1. The van der Waals surface area contributed by atoms with Crippen molar-refractivity contribution in [2.75, 3.05) is 12.3 Å². The molecule has 12 nitrogen and oxygen atoms in total. The van der Waals surface area contributed by atoms with Crippen LogP contribution in [-0.2, 0) is 23.8 Å². The number of imidazole rings is 1. The molecule has 1 fully saturated rings. The van der Waals surface area contributed by atoms with Crippen molar-refractivity contribution in [2.24, 2.45) is 23.3 Å². The third kappa shape index (κ3) is 5.19. The first-order valence-corrected chi connectivity index (χ1v) is 11.1. The summed E-state index contributed by atoms with van der Waals surface area (Å²) >= 11 is 0. The van der Waals surface area contributed by atoms with E-state index in [1.807, 2.05) is 0 Å². The molecule has 5 atom stereocenters. The Hall–Kier alpha value is -3.34. The Morgan fingerprint density at radius 2 is 1.89 bits per heavy atom. The Balaban J connectivity index is 1.95. The SMILES string of the molecule is C#C[C@]1(COC(=O)[C@H](N)C(C)C)O[C@@H](n2cnc3c(N)nc(F)nc32)C[C@@H]1OC(=O)[C@H](N)C(C)C. The maximum Gasteiger partial charge on any atom is 0.323 e. The van der Waals surface area contributed by atoms with Gasteiger partial charge in [-0.05, 0) is 11.8 Å². The highest BCUT2D eigenvalue weighted by Gasteiger charge is 2.53. The second kappa shape index (κ2) is 10.1. The molecule has 0 saturated carbocycles. The molecule has 0 aromatic carbocycles. The van der Waals surface area contributed by atoms with Crippen molar-refractivity contribution < 1.29 is 28.2 Å². The van der Waals surface area contributed by atoms with Crippen molar-refractivity contribution in [1.82, 2.24) is 19.5 Å². The average Bonchev–Trinajstić information content (AvgIpc) is 3.38. The Bertz CT molecular complexity index is 1150. The second-order valence-electron chi connectivity index (χ2n) is 9.12. The lowest BCUT2D eigenvalue weighted by atomic mass is 9.97. The molecule has 0 amide bonds. The van der Waals surface area contributed by atoms with Crippen LogP contribution >= 0.6 is 0 Å². The molecular weight excluding hydrogens is 461 g/mol. The van der Waals surface area contributed by atoms with Gasteiger partial charge in [0.15, 0.2) is 17.0 Å². The predicted molar refractivity (Wildman–Crippen MR) is 122 cm³/mol. The predicted octanol–water partition coefficient (Wildman–Crippen LogP) is 0.260. The number of aromatic nitrogens is 4. The fourth-order valence-electron chi connectivity index (χ4n) is 3.51. The number of halogens is 1. The number of nitrogen functional groups attached to an aromatic ring is 1. The number of carbonyl (C=O) groups excluding carboxylic acids is 2. The van der Waals surface area contributed by atoms with Gasteiger partial charge in [-0.2, -0.15) is 14.4 Å². The van der Waals surface area contributed by atoms with Crippen molar-refractivity contribution >= 4 is 28.9 Å². The van der Waals surface area contributed by atoms with Crippen LogP contribution in [0.5, 0.6) is 0 Å². The molecule has 3 rings (SSSR count). The molecule has 1 aliphatic rings. The molecule has 6 N–H and O–H groups in total. The highest BCUT2D eigenvalue weighted by molar-refractivity contribution is 5.81. The molecule has 0 unspecified atom stereocenters. The summed E-state index contributed by atoms with van der Waals surface area (Å²) in [4.78, 5) is 36.4. The molecule has 0 bridgehead atoms. The maximum atomic E-state index is 13.9. The van der Waals surface area contributed by atoms with Gasteiger partial charge in [-0.25, -0.2) is 4.98 Å². The van der Waals surface area contributed by atoms with Crippen LogP contribution in [0, 0.1) is 30.3 Å². The topological polar surface area (TPSA) is 183 Å². The average molecular weight is 492 g/mol. The summed E-state index contributed by atoms with van der Waals surface area (Å²) in [5, 5.41) is 0. The lowest BCUT2D eigenvalue weighted by Gasteiger charge is -2.30. The number of carbonyl (C=O) groups is 2. The number of terminal acetylenes is 1. The van der Waals surface area contributed by atoms with Crippen LogP contribution in [-0.4, -0.2) is 61.9 Å². The van der Waals surface area contributed by atoms with Crippen LogP contribution in [0.2, 0.25) is 0 Å². The zero-order valence-electron chi connectivity index (χ0n) is 20.0. The van der Waals surface area contributed by atoms with Gasteiger partial charge in [0.25, 0.3) is 0 Å². The van der Waals surface area contributed by atoms with Gasteiger partial charge in [0.1, 0.15) is 31.0 Å². The third-order valence-electron chi connectivity index (χ3n) is 5.93. The van der Waals surface area contributed by atoms with Crippen LogP contribution in [0.3, 0.4) is 0 Å². The van der Waals surface area contributed by atoms with Crippen LogP contribution in [0.4, 0.5) is 10.2 Å². The highest BCUT2D eigenvalue weighted by atomic mass is 19.1. The molecule has 0 radical (unpaired) electrons. The van der Waals surface area contributed by atoms with Crippen LogP contribution < -0.4 is 17.2 Å². The fraction of sp³-hybridized carbons (Fsp3) is 0.591. The molecule has 13 heteroatoms. The summed E-state index contributed by atoms with van der Waals surface area (Å²) in [7, 11) is 0. The largest absolute Gasteiger partial charge is 0.460 e. The Morgan fingerprint density at radius 1 is 1.26 bits per heavy atom. The van der Waals surface area contributed by atoms with Gasteiger partial charge in [0, 0.05) is 6.42 Å². The van der Waals surface area contributed by atoms with Gasteiger partial charge < -0.3 is 31.4 Å². The van der Waals surface area contributed by atoms with Gasteiger partial charge in [-0.15, -0.1) is 6.42 Å². The van der Waals surface area contributed by atoms with E-state index in [4.69, 9.17) is 37.8 Å². The first-order chi connectivity index (χ1) is 16.4. The third-order valence-corrected chi connectivity index (χ3v) is 5.93. The molecule has 1 aliphatic heterocycles. The van der Waals surface area contributed by atoms with E-state index in [1.54, 1.807) is 27.7 Å². The molecule has 2 aromatic heterocycles. The van der Waals surface area contributed by atoms with E-state index in [2.05, 4.69) is 20.9 Å². The molecule has 0 spiro atoms. The Kier molecular flexibility index (Phi) is 7.59. The van der Waals surface area contributed by atoms with Gasteiger partial charge in [0.05, 0.1) is 6.33 Å². The molecular formula is C22H30FN7O5. The summed E-state index contributed by atoms with van der Waals surface area (Å²) in [5.41, 5.74) is 16.1. The van der Waals surface area contributed by atoms with Gasteiger partial charge in [-0.1, -0.05) is 33.6 Å². The number of nitrogens with zero attached hydrogens (tertiary/aromatic N) is 4. The minimum Gasteiger partial charge on any atom is -0.460 e. The summed E-state index contributed by atoms with van der Waals surface area (Å²) in [6.07, 6.45) is 4.10. The minimum absolute atomic E-state index is 0.00548. The number of nitrogens with two attached hydrogens (primary N) is 3. The molecule has 0 aliphatic carbocycles. The van der Waals surface area contributed by atoms with E-state index >= 15 is 0 Å². The van der Waals surface area contributed by atoms with E-state index in [-0.39, 0.29) is 35.2 Å². The summed E-state index contributed by atoms with van der Waals surface area (Å²) in [6.45, 7) is 6.60. The number of rotatable bonds is 8. The summed E-state index contributed by atoms with van der Waals surface area (Å²) < 4.78 is 32.4. The molecule has 1 saturated heterocycles. The number of hydrogen-bond donors (Lipinski definition) is 3. The summed E-state index contributed by atoms with van der Waals surface area (Å²) in [6, 6.07) is -1.81. The Labute approximate surface area is 201 Å². The van der Waals surface area contributed by atoms with Crippen molar-refractivity contribution in [3.63, 3.8) is 0 Å². The lowest BCUT2D eigenvalue weighted by Crippen LogP contribution is -2.49. The molecule has 190 valence electrons. The van der Waals surface area contributed by atoms with Crippen LogP contribution in [0.25, 0.3) is 11.2 Å². The van der Waals surface area contributed by atoms with Crippen molar-refractivity contribution in [1.29, 1.82) is 0 Å². The number of anilines is 1. The first kappa shape index (κ1) is 26.3. The monoisotopic (exact) mass is 491 g/mol. The number of fused-ring (bicyclic) bond motifs is 1. The van der Waals surface area contributed by atoms with Crippen LogP contribution in [0.15, 0.2) is 6.33 Å². The second-order valence-corrected chi connectivity index (χ2v) is 9.12. The quantitative estimate of drug-likeness (QED) is 0.261. The number of ether oxygens (including phenoxy) is 3. The van der Waals surface area contributed by atoms with Crippen molar-refractivity contribution in [3.8, 4) is 12.3 Å². The first-order valence-electron chi connectivity index (χ1n) is 11.1. The maximum absolute atomic E-state index is 13.9. The van der Waals surface area contributed by atoms with E-state index in [0.717, 1.165) is 0 Å². The number of esters is 2. The molecule has 35 heavy (non-hydrogen) atoms. The standard InChI is InChI=1S/C22H30FN7O5/c1-6-22(8-33-19(31)14(24)10(2)3)12(34-20(32)15(25)11(4)5)7-13(35-22)30-9-27-16-17(26)28-21(23)29-18(16)30/h1,9-15H,7-8,24-25H2,2-5H3,(H2,26,28,29)/t12-,13+,14+,15+,22+/m0/s1. The fourth-order valence-corrected chi connectivity index (χ4v) is 3.51. The smallest absolute Gasteiger partial charge is 0.323 e. The lowest BCUT2D eigenvalue weighted by molar-refractivity contribution is -0.169. The van der Waals surface area contributed by atoms with Gasteiger partial charge in [-0.3, -0.25) is 14.2 Å². The van der Waals surface area contributed by atoms with Gasteiger partial charge >= 0.3 is 18.0 Å². The van der Waals surface area contributed by atoms with E-state index in [0.29, 0.717) is 0 Å².